The number of aromatic nitrogens is 1. The van der Waals surface area contributed by atoms with Gasteiger partial charge in [0.1, 0.15) is 29.7 Å². The van der Waals surface area contributed by atoms with Gasteiger partial charge in [0, 0.05) is 48.2 Å². The van der Waals surface area contributed by atoms with Gasteiger partial charge in [-0.05, 0) is 68.8 Å². The molecule has 3 rings (SSSR count). The van der Waals surface area contributed by atoms with E-state index in [9.17, 15) is 9.18 Å². The molecule has 42 heavy (non-hydrogen) atoms. The number of benzene rings is 2. The zero-order valence-corrected chi connectivity index (χ0v) is 25.7. The van der Waals surface area contributed by atoms with E-state index in [2.05, 4.69) is 29.2 Å². The van der Waals surface area contributed by atoms with Gasteiger partial charge >= 0.3 is 0 Å². The molecule has 7 nitrogen and oxygen atoms in total. The standard InChI is InChI=1S/C34H46FN3O4/c1-6-8-9-14-38(5)15-16-41-33-21-30(40-7-2)12-13-32(33)27-10-11-29(36-23-27)20-34(39)37-22-26-17-28(35)19-31(18-26)42-24-25(3)4/h10-13,17-19,21,23,25H,6-9,14-16,20,22,24H2,1-5H3,(H,37,39). The molecule has 8 heteroatoms. The van der Waals surface area contributed by atoms with E-state index in [-0.39, 0.29) is 18.9 Å². The number of nitrogens with one attached hydrogen (secondary N) is 1. The topological polar surface area (TPSA) is 72.9 Å². The van der Waals surface area contributed by atoms with E-state index < -0.39 is 5.82 Å². The number of carbonyl (C=O) groups is 1. The molecule has 0 aliphatic rings. The van der Waals surface area contributed by atoms with Crippen molar-refractivity contribution < 1.29 is 23.4 Å². The Balaban J connectivity index is 1.60. The number of halogens is 1. The Kier molecular flexibility index (Phi) is 13.6. The monoisotopic (exact) mass is 579 g/mol. The van der Waals surface area contributed by atoms with Crippen LogP contribution in [0.25, 0.3) is 11.1 Å². The molecule has 1 N–H and O–H groups in total. The van der Waals surface area contributed by atoms with Gasteiger partial charge in [-0.3, -0.25) is 9.78 Å². The lowest BCUT2D eigenvalue weighted by Crippen LogP contribution is -2.25. The minimum Gasteiger partial charge on any atom is -0.494 e. The van der Waals surface area contributed by atoms with Crippen LogP contribution in [0.5, 0.6) is 17.2 Å². The van der Waals surface area contributed by atoms with Gasteiger partial charge in [-0.2, -0.15) is 0 Å². The molecule has 0 spiro atoms. The van der Waals surface area contributed by atoms with Gasteiger partial charge in [0.2, 0.25) is 5.91 Å². The van der Waals surface area contributed by atoms with Crippen molar-refractivity contribution in [3.63, 3.8) is 0 Å². The number of amides is 1. The number of hydrogen-bond acceptors (Lipinski definition) is 6. The second-order valence-electron chi connectivity index (χ2n) is 10.9. The van der Waals surface area contributed by atoms with Crippen molar-refractivity contribution >= 4 is 5.91 Å². The maximum atomic E-state index is 14.0. The average molecular weight is 580 g/mol. The van der Waals surface area contributed by atoms with E-state index in [1.165, 1.54) is 31.4 Å². The third kappa shape index (κ3) is 11.3. The normalized spacial score (nSPS) is 11.1. The number of hydrogen-bond donors (Lipinski definition) is 1. The van der Waals surface area contributed by atoms with Crippen LogP contribution in [0.15, 0.2) is 54.7 Å². The second kappa shape index (κ2) is 17.3. The summed E-state index contributed by atoms with van der Waals surface area (Å²) in [6.07, 6.45) is 5.50. The molecule has 0 saturated carbocycles. The minimum atomic E-state index is -0.394. The molecule has 0 aliphatic heterocycles. The molecule has 1 heterocycles. The zero-order chi connectivity index (χ0) is 30.3. The number of unbranched alkanes of at least 4 members (excludes halogenated alkanes) is 2. The van der Waals surface area contributed by atoms with E-state index in [0.29, 0.717) is 42.7 Å². The fourth-order valence-electron chi connectivity index (χ4n) is 4.36. The van der Waals surface area contributed by atoms with E-state index in [0.717, 1.165) is 35.7 Å². The highest BCUT2D eigenvalue weighted by molar-refractivity contribution is 5.78. The molecule has 0 unspecified atom stereocenters. The number of ether oxygens (including phenoxy) is 3. The lowest BCUT2D eigenvalue weighted by molar-refractivity contribution is -0.120. The second-order valence-corrected chi connectivity index (χ2v) is 10.9. The first-order chi connectivity index (χ1) is 20.3. The molecular weight excluding hydrogens is 533 g/mol. The van der Waals surface area contributed by atoms with Crippen LogP contribution in [0.1, 0.15) is 58.2 Å². The summed E-state index contributed by atoms with van der Waals surface area (Å²) in [5, 5.41) is 2.85. The largest absolute Gasteiger partial charge is 0.494 e. The smallest absolute Gasteiger partial charge is 0.226 e. The van der Waals surface area contributed by atoms with Crippen molar-refractivity contribution in [3.8, 4) is 28.4 Å². The Labute approximate surface area is 250 Å². The van der Waals surface area contributed by atoms with Crippen molar-refractivity contribution in [3.05, 3.63) is 71.8 Å². The fraction of sp³-hybridized carbons (Fsp3) is 0.471. The summed E-state index contributed by atoms with van der Waals surface area (Å²) >= 11 is 0. The molecule has 1 amide bonds. The van der Waals surface area contributed by atoms with Gasteiger partial charge in [0.25, 0.3) is 0 Å². The first-order valence-electron chi connectivity index (χ1n) is 15.0. The lowest BCUT2D eigenvalue weighted by Gasteiger charge is -2.18. The summed E-state index contributed by atoms with van der Waals surface area (Å²) in [6.45, 7) is 11.9. The van der Waals surface area contributed by atoms with Crippen LogP contribution in [-0.2, 0) is 17.8 Å². The Hall–Kier alpha value is -3.65. The van der Waals surface area contributed by atoms with E-state index >= 15 is 0 Å². The molecule has 1 aromatic heterocycles. The molecule has 0 radical (unpaired) electrons. The fourth-order valence-corrected chi connectivity index (χ4v) is 4.36. The molecule has 228 valence electrons. The number of rotatable bonds is 18. The van der Waals surface area contributed by atoms with Crippen LogP contribution in [0, 0.1) is 11.7 Å². The van der Waals surface area contributed by atoms with Crippen molar-refractivity contribution in [1.29, 1.82) is 0 Å². The molecule has 2 aromatic carbocycles. The summed E-state index contributed by atoms with van der Waals surface area (Å²) < 4.78 is 31.6. The summed E-state index contributed by atoms with van der Waals surface area (Å²) in [4.78, 5) is 19.4. The van der Waals surface area contributed by atoms with Gasteiger partial charge < -0.3 is 24.4 Å². The first-order valence-corrected chi connectivity index (χ1v) is 15.0. The molecule has 0 atom stereocenters. The van der Waals surface area contributed by atoms with Gasteiger partial charge in [-0.15, -0.1) is 0 Å². The van der Waals surface area contributed by atoms with Crippen LogP contribution in [0.3, 0.4) is 0 Å². The Morgan fingerprint density at radius 3 is 2.52 bits per heavy atom. The highest BCUT2D eigenvalue weighted by Gasteiger charge is 2.12. The van der Waals surface area contributed by atoms with Gasteiger partial charge in [0.05, 0.1) is 19.6 Å². The van der Waals surface area contributed by atoms with Crippen molar-refractivity contribution in [1.82, 2.24) is 15.2 Å². The third-order valence-corrected chi connectivity index (χ3v) is 6.62. The van der Waals surface area contributed by atoms with Crippen LogP contribution in [0.4, 0.5) is 4.39 Å². The Bertz CT molecular complexity index is 1250. The average Bonchev–Trinajstić information content (AvgIpc) is 2.96. The molecule has 0 fully saturated rings. The van der Waals surface area contributed by atoms with Crippen molar-refractivity contribution in [2.45, 2.75) is 59.9 Å². The Morgan fingerprint density at radius 2 is 1.81 bits per heavy atom. The van der Waals surface area contributed by atoms with Crippen LogP contribution in [0.2, 0.25) is 0 Å². The Morgan fingerprint density at radius 1 is 0.976 bits per heavy atom. The number of likely N-dealkylation sites (N-methyl/N-ethyl adjacent to an activating group) is 1. The predicted molar refractivity (Wildman–Crippen MR) is 166 cm³/mol. The van der Waals surface area contributed by atoms with Gasteiger partial charge in [-0.1, -0.05) is 39.7 Å². The minimum absolute atomic E-state index is 0.114. The highest BCUT2D eigenvalue weighted by Crippen LogP contribution is 2.33. The quantitative estimate of drug-likeness (QED) is 0.170. The number of nitrogens with zero attached hydrogens (tertiary/aromatic N) is 2. The molecule has 0 aliphatic carbocycles. The SMILES string of the molecule is CCCCCN(C)CCOc1cc(OCC)ccc1-c1ccc(CC(=O)NCc2cc(F)cc(OCC(C)C)c2)nc1. The summed E-state index contributed by atoms with van der Waals surface area (Å²) in [6, 6.07) is 14.1. The zero-order valence-electron chi connectivity index (χ0n) is 25.7. The number of carbonyl (C=O) groups excluding carboxylic acids is 1. The lowest BCUT2D eigenvalue weighted by atomic mass is 10.1. The maximum absolute atomic E-state index is 14.0. The summed E-state index contributed by atoms with van der Waals surface area (Å²) in [5.41, 5.74) is 3.08. The van der Waals surface area contributed by atoms with Gasteiger partial charge in [0.15, 0.2) is 0 Å². The number of pyridine rings is 1. The molecular formula is C34H46FN3O4. The van der Waals surface area contributed by atoms with E-state index in [4.69, 9.17) is 14.2 Å². The van der Waals surface area contributed by atoms with Crippen molar-refractivity contribution in [2.24, 2.45) is 5.92 Å². The first kappa shape index (κ1) is 32.9. The summed E-state index contributed by atoms with van der Waals surface area (Å²) in [5.74, 6) is 1.69. The van der Waals surface area contributed by atoms with E-state index in [1.807, 2.05) is 51.1 Å². The molecule has 0 saturated heterocycles. The van der Waals surface area contributed by atoms with Crippen molar-refractivity contribution in [2.75, 3.05) is 40.0 Å². The van der Waals surface area contributed by atoms with Crippen LogP contribution < -0.4 is 19.5 Å². The predicted octanol–water partition coefficient (Wildman–Crippen LogP) is 6.68. The molecule has 3 aromatic rings. The summed E-state index contributed by atoms with van der Waals surface area (Å²) in [7, 11) is 2.12. The third-order valence-electron chi connectivity index (χ3n) is 6.62. The van der Waals surface area contributed by atoms with Crippen LogP contribution >= 0.6 is 0 Å². The van der Waals surface area contributed by atoms with Gasteiger partial charge in [-0.25, -0.2) is 4.39 Å². The molecule has 0 bridgehead atoms. The van der Waals surface area contributed by atoms with Crippen LogP contribution in [-0.4, -0.2) is 55.7 Å². The highest BCUT2D eigenvalue weighted by atomic mass is 19.1. The van der Waals surface area contributed by atoms with E-state index in [1.54, 1.807) is 12.3 Å². The maximum Gasteiger partial charge on any atom is 0.226 e.